The van der Waals surface area contributed by atoms with Gasteiger partial charge in [-0.1, -0.05) is 42.2 Å². The van der Waals surface area contributed by atoms with Gasteiger partial charge in [0.2, 0.25) is 0 Å². The van der Waals surface area contributed by atoms with Crippen LogP contribution in [-0.4, -0.2) is 39.7 Å². The van der Waals surface area contributed by atoms with Crippen LogP contribution >= 0.6 is 24.0 Å². The quantitative estimate of drug-likeness (QED) is 0.253. The molecule has 2 aromatic carbocycles. The van der Waals surface area contributed by atoms with Crippen LogP contribution in [0, 0.1) is 10.1 Å². The molecule has 1 saturated heterocycles. The number of amides is 1. The number of nitro benzene ring substituents is 1. The molecule has 0 bridgehead atoms. The number of thiocarbonyl (C=S) groups is 1. The summed E-state index contributed by atoms with van der Waals surface area (Å²) in [6, 6.07) is 11.2. The van der Waals surface area contributed by atoms with Gasteiger partial charge in [-0.05, 0) is 29.8 Å². The van der Waals surface area contributed by atoms with Crippen molar-refractivity contribution < 1.29 is 29.1 Å². The number of thioether (sulfide) groups is 1. The van der Waals surface area contributed by atoms with Crippen LogP contribution in [0.4, 0.5) is 5.69 Å². The Morgan fingerprint density at radius 3 is 2.68 bits per heavy atom. The number of carbonyl (C=O) groups is 2. The van der Waals surface area contributed by atoms with Crippen LogP contribution in [0.1, 0.15) is 11.1 Å². The van der Waals surface area contributed by atoms with Crippen molar-refractivity contribution in [3.05, 3.63) is 68.6 Å². The van der Waals surface area contributed by atoms with E-state index in [1.54, 1.807) is 42.5 Å². The maximum atomic E-state index is 12.4. The lowest BCUT2D eigenvalue weighted by Crippen LogP contribution is -2.40. The summed E-state index contributed by atoms with van der Waals surface area (Å²) in [5.41, 5.74) is 0.968. The van der Waals surface area contributed by atoms with Crippen LogP contribution in [0.5, 0.6) is 11.5 Å². The number of rotatable bonds is 8. The molecule has 0 aromatic heterocycles. The fourth-order valence-electron chi connectivity index (χ4n) is 2.78. The molecular formula is C20H15N2O7S2-. The molecule has 0 spiro atoms. The predicted molar refractivity (Wildman–Crippen MR) is 115 cm³/mol. The number of carbonyl (C=O) groups excluding carboxylic acids is 2. The number of para-hydroxylation sites is 1. The van der Waals surface area contributed by atoms with Gasteiger partial charge in [0.05, 0.1) is 35.0 Å². The second-order valence-electron chi connectivity index (χ2n) is 6.22. The first kappa shape index (κ1) is 22.2. The van der Waals surface area contributed by atoms with Gasteiger partial charge in [0.1, 0.15) is 10.9 Å². The largest absolute Gasteiger partial charge is 0.548 e. The highest BCUT2D eigenvalue weighted by atomic mass is 32.2. The number of methoxy groups -OCH3 is 1. The second kappa shape index (κ2) is 9.58. The summed E-state index contributed by atoms with van der Waals surface area (Å²) < 4.78 is 11.2. The monoisotopic (exact) mass is 459 g/mol. The molecule has 0 radical (unpaired) electrons. The van der Waals surface area contributed by atoms with Gasteiger partial charge in [-0.25, -0.2) is 0 Å². The zero-order valence-corrected chi connectivity index (χ0v) is 17.7. The molecule has 1 aliphatic heterocycles. The molecular weight excluding hydrogens is 444 g/mol. The van der Waals surface area contributed by atoms with Crippen molar-refractivity contribution in [1.29, 1.82) is 0 Å². The molecule has 1 aliphatic rings. The Hall–Kier alpha value is -3.44. The first-order valence-corrected chi connectivity index (χ1v) is 10.0. The van der Waals surface area contributed by atoms with Gasteiger partial charge in [0.15, 0.2) is 11.5 Å². The standard InChI is InChI=1S/C20H16N2O7S2/c1-28-16-8-12(9-17-19(25)21(10-18(23)24)20(30)31-17)6-7-15(16)29-11-13-4-2-3-5-14(13)22(26)27/h2-9H,10-11H2,1H3,(H,23,24)/p-1/b17-9+. The zero-order chi connectivity index (χ0) is 22.5. The topological polar surface area (TPSA) is 122 Å². The molecule has 0 aliphatic carbocycles. The van der Waals surface area contributed by atoms with Crippen molar-refractivity contribution in [2.45, 2.75) is 6.61 Å². The van der Waals surface area contributed by atoms with E-state index in [0.717, 1.165) is 16.7 Å². The summed E-state index contributed by atoms with van der Waals surface area (Å²) in [7, 11) is 1.44. The molecule has 1 amide bonds. The van der Waals surface area contributed by atoms with Crippen molar-refractivity contribution in [1.82, 2.24) is 4.90 Å². The molecule has 0 atom stereocenters. The molecule has 0 saturated carbocycles. The van der Waals surface area contributed by atoms with Gasteiger partial charge < -0.3 is 19.4 Å². The first-order chi connectivity index (χ1) is 14.8. The van der Waals surface area contributed by atoms with Crippen molar-refractivity contribution in [3.63, 3.8) is 0 Å². The lowest BCUT2D eigenvalue weighted by Gasteiger charge is -2.14. The predicted octanol–water partition coefficient (Wildman–Crippen LogP) is 2.13. The van der Waals surface area contributed by atoms with Crippen LogP contribution in [0.15, 0.2) is 47.4 Å². The Labute approximate surface area is 186 Å². The number of carboxylic acid groups (broad SMARTS) is 1. The molecule has 0 N–H and O–H groups in total. The summed E-state index contributed by atoms with van der Waals surface area (Å²) in [5.74, 6) is -1.20. The summed E-state index contributed by atoms with van der Waals surface area (Å²) in [5, 5.41) is 21.9. The Bertz CT molecular complexity index is 1100. The summed E-state index contributed by atoms with van der Waals surface area (Å²) in [4.78, 5) is 35.1. The van der Waals surface area contributed by atoms with E-state index in [1.807, 2.05) is 0 Å². The maximum absolute atomic E-state index is 12.4. The molecule has 1 heterocycles. The molecule has 9 nitrogen and oxygen atoms in total. The fourth-order valence-corrected chi connectivity index (χ4v) is 4.03. The Balaban J connectivity index is 1.79. The third-order valence-electron chi connectivity index (χ3n) is 4.22. The highest BCUT2D eigenvalue weighted by Gasteiger charge is 2.31. The van der Waals surface area contributed by atoms with E-state index in [-0.39, 0.29) is 21.5 Å². The number of nitro groups is 1. The minimum absolute atomic E-state index is 0.0330. The second-order valence-corrected chi connectivity index (χ2v) is 7.90. The van der Waals surface area contributed by atoms with E-state index in [0.29, 0.717) is 22.6 Å². The molecule has 2 aromatic rings. The van der Waals surface area contributed by atoms with Crippen LogP contribution < -0.4 is 14.6 Å². The van der Waals surface area contributed by atoms with E-state index < -0.39 is 23.3 Å². The normalized spacial score (nSPS) is 14.7. The minimum Gasteiger partial charge on any atom is -0.548 e. The molecule has 160 valence electrons. The molecule has 1 fully saturated rings. The molecule has 31 heavy (non-hydrogen) atoms. The van der Waals surface area contributed by atoms with Crippen LogP contribution in [0.25, 0.3) is 6.08 Å². The average molecular weight is 459 g/mol. The zero-order valence-electron chi connectivity index (χ0n) is 16.1. The fraction of sp³-hybridized carbons (Fsp3) is 0.150. The van der Waals surface area contributed by atoms with Gasteiger partial charge in [-0.3, -0.25) is 19.8 Å². The van der Waals surface area contributed by atoms with E-state index in [1.165, 1.54) is 13.2 Å². The first-order valence-electron chi connectivity index (χ1n) is 8.78. The lowest BCUT2D eigenvalue weighted by atomic mass is 10.1. The minimum atomic E-state index is -1.40. The summed E-state index contributed by atoms with van der Waals surface area (Å²) >= 11 is 6.04. The van der Waals surface area contributed by atoms with E-state index in [4.69, 9.17) is 21.7 Å². The van der Waals surface area contributed by atoms with Crippen LogP contribution in [0.3, 0.4) is 0 Å². The number of ether oxygens (including phenoxy) is 2. The third-order valence-corrected chi connectivity index (χ3v) is 5.60. The number of benzene rings is 2. The third kappa shape index (κ3) is 5.19. The average Bonchev–Trinajstić information content (AvgIpc) is 2.99. The SMILES string of the molecule is COc1cc(/C=C2/SC(=S)N(CC(=O)[O-])C2=O)ccc1OCc1ccccc1[N+](=O)[O-]. The number of carboxylic acids is 1. The van der Waals surface area contributed by atoms with Gasteiger partial charge in [-0.2, -0.15) is 0 Å². The van der Waals surface area contributed by atoms with E-state index in [2.05, 4.69) is 0 Å². The van der Waals surface area contributed by atoms with E-state index in [9.17, 15) is 24.8 Å². The smallest absolute Gasteiger partial charge is 0.276 e. The van der Waals surface area contributed by atoms with Gasteiger partial charge in [0.25, 0.3) is 11.6 Å². The Morgan fingerprint density at radius 2 is 2.00 bits per heavy atom. The maximum Gasteiger partial charge on any atom is 0.276 e. The summed E-state index contributed by atoms with van der Waals surface area (Å²) in [6.45, 7) is -0.640. The van der Waals surface area contributed by atoms with Crippen LogP contribution in [0.2, 0.25) is 0 Å². The Kier molecular flexibility index (Phi) is 6.88. The van der Waals surface area contributed by atoms with E-state index >= 15 is 0 Å². The molecule has 0 unspecified atom stereocenters. The van der Waals surface area contributed by atoms with Crippen LogP contribution in [-0.2, 0) is 16.2 Å². The van der Waals surface area contributed by atoms with Gasteiger partial charge in [-0.15, -0.1) is 0 Å². The van der Waals surface area contributed by atoms with Crippen molar-refractivity contribution in [2.24, 2.45) is 0 Å². The number of hydrogen-bond acceptors (Lipinski definition) is 9. The summed E-state index contributed by atoms with van der Waals surface area (Å²) in [6.07, 6.45) is 1.56. The lowest BCUT2D eigenvalue weighted by molar-refractivity contribution is -0.385. The van der Waals surface area contributed by atoms with Gasteiger partial charge in [0, 0.05) is 6.07 Å². The number of nitrogens with zero attached hydrogens (tertiary/aromatic N) is 2. The van der Waals surface area contributed by atoms with Crippen molar-refractivity contribution >= 4 is 51.9 Å². The highest BCUT2D eigenvalue weighted by Crippen LogP contribution is 2.35. The highest BCUT2D eigenvalue weighted by molar-refractivity contribution is 8.26. The number of hydrogen-bond donors (Lipinski definition) is 0. The van der Waals surface area contributed by atoms with Crippen molar-refractivity contribution in [2.75, 3.05) is 13.7 Å². The number of aliphatic carboxylic acids is 1. The molecule has 11 heteroatoms. The van der Waals surface area contributed by atoms with Crippen molar-refractivity contribution in [3.8, 4) is 11.5 Å². The van der Waals surface area contributed by atoms with Gasteiger partial charge >= 0.3 is 0 Å². The molecule has 3 rings (SSSR count). The Morgan fingerprint density at radius 1 is 1.26 bits per heavy atom.